The third-order valence-electron chi connectivity index (χ3n) is 2.89. The molecular formula is C12H20O2. The maximum absolute atomic E-state index is 11.2. The predicted molar refractivity (Wildman–Crippen MR) is 58.0 cm³/mol. The van der Waals surface area contributed by atoms with Gasteiger partial charge in [-0.2, -0.15) is 0 Å². The van der Waals surface area contributed by atoms with Crippen molar-refractivity contribution in [2.24, 2.45) is 5.41 Å². The van der Waals surface area contributed by atoms with E-state index >= 15 is 0 Å². The van der Waals surface area contributed by atoms with Gasteiger partial charge in [-0.25, -0.2) is 0 Å². The molecule has 0 aromatic heterocycles. The minimum Gasteiger partial charge on any atom is -0.481 e. The molecule has 2 heteroatoms. The summed E-state index contributed by atoms with van der Waals surface area (Å²) in [4.78, 5) is 11.2. The van der Waals surface area contributed by atoms with Crippen molar-refractivity contribution in [3.05, 3.63) is 0 Å². The Morgan fingerprint density at radius 1 is 1.43 bits per heavy atom. The summed E-state index contributed by atoms with van der Waals surface area (Å²) in [6, 6.07) is 0. The van der Waals surface area contributed by atoms with Crippen LogP contribution in [0.3, 0.4) is 0 Å². The van der Waals surface area contributed by atoms with E-state index in [1.165, 1.54) is 0 Å². The summed E-state index contributed by atoms with van der Waals surface area (Å²) in [6.45, 7) is 4.00. The van der Waals surface area contributed by atoms with Gasteiger partial charge in [0.05, 0.1) is 5.41 Å². The Bertz CT molecular complexity index is 215. The first kappa shape index (κ1) is 13.0. The van der Waals surface area contributed by atoms with Crippen LogP contribution in [-0.4, -0.2) is 11.1 Å². The van der Waals surface area contributed by atoms with Gasteiger partial charge in [0.25, 0.3) is 0 Å². The van der Waals surface area contributed by atoms with Crippen molar-refractivity contribution < 1.29 is 9.90 Å². The van der Waals surface area contributed by atoms with E-state index in [4.69, 9.17) is 6.42 Å². The third-order valence-corrected chi connectivity index (χ3v) is 2.89. The van der Waals surface area contributed by atoms with Gasteiger partial charge >= 0.3 is 5.97 Å². The number of carboxylic acid groups (broad SMARTS) is 1. The fourth-order valence-corrected chi connectivity index (χ4v) is 1.67. The van der Waals surface area contributed by atoms with E-state index in [-0.39, 0.29) is 0 Å². The first-order chi connectivity index (χ1) is 6.63. The SMILES string of the molecule is C#CCCC(CC)(CCCC)C(=O)O. The van der Waals surface area contributed by atoms with Crippen LogP contribution in [0, 0.1) is 17.8 Å². The number of aliphatic carboxylic acids is 1. The fraction of sp³-hybridized carbons (Fsp3) is 0.750. The van der Waals surface area contributed by atoms with E-state index in [1.54, 1.807) is 0 Å². The molecule has 0 aromatic carbocycles. The fourth-order valence-electron chi connectivity index (χ4n) is 1.67. The summed E-state index contributed by atoms with van der Waals surface area (Å²) >= 11 is 0. The monoisotopic (exact) mass is 196 g/mol. The number of unbranched alkanes of at least 4 members (excludes halogenated alkanes) is 1. The molecule has 80 valence electrons. The minimum atomic E-state index is -0.691. The minimum absolute atomic E-state index is 0.559. The lowest BCUT2D eigenvalue weighted by atomic mass is 9.76. The van der Waals surface area contributed by atoms with E-state index in [2.05, 4.69) is 12.8 Å². The summed E-state index contributed by atoms with van der Waals surface area (Å²) in [5.41, 5.74) is -0.581. The predicted octanol–water partition coefficient (Wildman–Crippen LogP) is 3.07. The van der Waals surface area contributed by atoms with Gasteiger partial charge in [-0.15, -0.1) is 12.3 Å². The van der Waals surface area contributed by atoms with E-state index in [0.717, 1.165) is 19.3 Å². The summed E-state index contributed by atoms with van der Waals surface area (Å²) in [6.07, 6.45) is 9.76. The van der Waals surface area contributed by atoms with Crippen LogP contribution < -0.4 is 0 Å². The lowest BCUT2D eigenvalue weighted by molar-refractivity contribution is -0.150. The van der Waals surface area contributed by atoms with Gasteiger partial charge in [0.15, 0.2) is 0 Å². The zero-order valence-electron chi connectivity index (χ0n) is 9.18. The molecule has 0 aromatic rings. The Morgan fingerprint density at radius 2 is 2.07 bits per heavy atom. The Morgan fingerprint density at radius 3 is 2.43 bits per heavy atom. The van der Waals surface area contributed by atoms with Crippen LogP contribution in [-0.2, 0) is 4.79 Å². The average molecular weight is 196 g/mol. The van der Waals surface area contributed by atoms with Crippen molar-refractivity contribution in [2.45, 2.75) is 52.4 Å². The standard InChI is InChI=1S/C12H20O2/c1-4-7-9-12(6-3,11(13)14)10-8-5-2/h1H,5-10H2,2-3H3,(H,13,14). The maximum Gasteiger partial charge on any atom is 0.309 e. The van der Waals surface area contributed by atoms with Crippen molar-refractivity contribution in [3.63, 3.8) is 0 Å². The van der Waals surface area contributed by atoms with Crippen LogP contribution in [0.5, 0.6) is 0 Å². The second-order valence-electron chi connectivity index (χ2n) is 3.75. The third kappa shape index (κ3) is 3.41. The van der Waals surface area contributed by atoms with Crippen molar-refractivity contribution >= 4 is 5.97 Å². The van der Waals surface area contributed by atoms with E-state index in [1.807, 2.05) is 6.92 Å². The molecule has 1 N–H and O–H groups in total. The second kappa shape index (κ2) is 6.48. The molecule has 0 saturated heterocycles. The molecule has 0 rings (SSSR count). The Hall–Kier alpha value is -0.970. The van der Waals surface area contributed by atoms with Crippen molar-refractivity contribution in [2.75, 3.05) is 0 Å². The highest BCUT2D eigenvalue weighted by molar-refractivity contribution is 5.74. The summed E-state index contributed by atoms with van der Waals surface area (Å²) in [7, 11) is 0. The van der Waals surface area contributed by atoms with Crippen molar-refractivity contribution in [1.82, 2.24) is 0 Å². The van der Waals surface area contributed by atoms with Crippen molar-refractivity contribution in [3.8, 4) is 12.3 Å². The van der Waals surface area contributed by atoms with Gasteiger partial charge in [-0.05, 0) is 19.3 Å². The molecule has 0 saturated carbocycles. The zero-order valence-corrected chi connectivity index (χ0v) is 9.18. The molecule has 14 heavy (non-hydrogen) atoms. The topological polar surface area (TPSA) is 37.3 Å². The molecule has 2 nitrogen and oxygen atoms in total. The Labute approximate surface area is 86.7 Å². The number of hydrogen-bond acceptors (Lipinski definition) is 1. The summed E-state index contributed by atoms with van der Waals surface area (Å²) < 4.78 is 0. The number of rotatable bonds is 7. The Kier molecular flexibility index (Phi) is 6.03. The van der Waals surface area contributed by atoms with Crippen LogP contribution in [0.4, 0.5) is 0 Å². The molecular weight excluding hydrogens is 176 g/mol. The smallest absolute Gasteiger partial charge is 0.309 e. The van der Waals surface area contributed by atoms with E-state index in [0.29, 0.717) is 19.3 Å². The van der Waals surface area contributed by atoms with Crippen LogP contribution >= 0.6 is 0 Å². The quantitative estimate of drug-likeness (QED) is 0.635. The number of terminal acetylenes is 1. The molecule has 0 aliphatic carbocycles. The van der Waals surface area contributed by atoms with Crippen LogP contribution in [0.1, 0.15) is 52.4 Å². The molecule has 0 spiro atoms. The van der Waals surface area contributed by atoms with Gasteiger partial charge in [0, 0.05) is 6.42 Å². The van der Waals surface area contributed by atoms with E-state index < -0.39 is 11.4 Å². The van der Waals surface area contributed by atoms with Gasteiger partial charge in [0.1, 0.15) is 0 Å². The zero-order chi connectivity index (χ0) is 11.0. The first-order valence-corrected chi connectivity index (χ1v) is 5.29. The number of carboxylic acids is 1. The molecule has 1 atom stereocenters. The molecule has 0 aliphatic heterocycles. The second-order valence-corrected chi connectivity index (χ2v) is 3.75. The highest BCUT2D eigenvalue weighted by Crippen LogP contribution is 2.34. The average Bonchev–Trinajstić information content (AvgIpc) is 2.18. The van der Waals surface area contributed by atoms with Crippen LogP contribution in [0.2, 0.25) is 0 Å². The molecule has 0 fully saturated rings. The number of carbonyl (C=O) groups is 1. The molecule has 0 amide bonds. The molecule has 0 radical (unpaired) electrons. The van der Waals surface area contributed by atoms with Gasteiger partial charge in [-0.3, -0.25) is 4.79 Å². The normalized spacial score (nSPS) is 14.4. The molecule has 0 aliphatic rings. The highest BCUT2D eigenvalue weighted by atomic mass is 16.4. The van der Waals surface area contributed by atoms with Crippen molar-refractivity contribution in [1.29, 1.82) is 0 Å². The van der Waals surface area contributed by atoms with E-state index in [9.17, 15) is 9.90 Å². The van der Waals surface area contributed by atoms with Gasteiger partial charge in [0.2, 0.25) is 0 Å². The largest absolute Gasteiger partial charge is 0.481 e. The summed E-state index contributed by atoms with van der Waals surface area (Å²) in [5.74, 6) is 1.83. The van der Waals surface area contributed by atoms with Crippen LogP contribution in [0.25, 0.3) is 0 Å². The Balaban J connectivity index is 4.44. The number of hydrogen-bond donors (Lipinski definition) is 1. The lowest BCUT2D eigenvalue weighted by Gasteiger charge is -2.27. The first-order valence-electron chi connectivity index (χ1n) is 5.29. The molecule has 1 unspecified atom stereocenters. The lowest BCUT2D eigenvalue weighted by Crippen LogP contribution is -2.30. The highest BCUT2D eigenvalue weighted by Gasteiger charge is 2.34. The van der Waals surface area contributed by atoms with Gasteiger partial charge < -0.3 is 5.11 Å². The summed E-state index contributed by atoms with van der Waals surface area (Å²) in [5, 5.41) is 9.21. The molecule has 0 bridgehead atoms. The van der Waals surface area contributed by atoms with Crippen LogP contribution in [0.15, 0.2) is 0 Å². The maximum atomic E-state index is 11.2. The van der Waals surface area contributed by atoms with Gasteiger partial charge in [-0.1, -0.05) is 26.7 Å². The molecule has 0 heterocycles.